The van der Waals surface area contributed by atoms with Crippen LogP contribution >= 0.6 is 0 Å². The highest BCUT2D eigenvalue weighted by molar-refractivity contribution is 6.06. The van der Waals surface area contributed by atoms with Crippen LogP contribution in [0.2, 0.25) is 0 Å². The van der Waals surface area contributed by atoms with E-state index in [0.717, 1.165) is 46.8 Å². The normalized spacial score (nSPS) is 18.1. The van der Waals surface area contributed by atoms with E-state index in [9.17, 15) is 4.79 Å². The number of carbonyl (C=O) groups is 1. The number of benzene rings is 1. The fourth-order valence-corrected chi connectivity index (χ4v) is 3.97. The lowest BCUT2D eigenvalue weighted by atomic mass is 10.1. The molecule has 2 aliphatic rings. The molecule has 0 saturated heterocycles. The number of para-hydroxylation sites is 2. The van der Waals surface area contributed by atoms with Crippen LogP contribution in [-0.2, 0) is 7.05 Å². The summed E-state index contributed by atoms with van der Waals surface area (Å²) in [5.74, 6) is 1.87. The minimum atomic E-state index is -0.214. The van der Waals surface area contributed by atoms with E-state index in [4.69, 9.17) is 14.5 Å². The molecule has 1 aliphatic carbocycles. The lowest BCUT2D eigenvalue weighted by Gasteiger charge is -2.29. The lowest BCUT2D eigenvalue weighted by Crippen LogP contribution is -2.41. The first-order valence-electron chi connectivity index (χ1n) is 9.99. The molecule has 1 aromatic carbocycles. The van der Waals surface area contributed by atoms with Gasteiger partial charge in [-0.25, -0.2) is 4.98 Å². The van der Waals surface area contributed by atoms with E-state index in [1.54, 1.807) is 16.6 Å². The number of likely N-dealkylation sites (N-methyl/N-ethyl adjacent to an activating group) is 1. The van der Waals surface area contributed by atoms with Crippen molar-refractivity contribution < 1.29 is 14.3 Å². The van der Waals surface area contributed by atoms with Gasteiger partial charge in [-0.05, 0) is 38.0 Å². The summed E-state index contributed by atoms with van der Waals surface area (Å²) in [6.07, 6.45) is 2.05. The van der Waals surface area contributed by atoms with Gasteiger partial charge in [0.1, 0.15) is 6.61 Å². The molecule has 5 rings (SSSR count). The second-order valence-electron chi connectivity index (χ2n) is 7.96. The molecule has 3 aromatic rings. The Hall–Kier alpha value is -3.09. The van der Waals surface area contributed by atoms with Crippen molar-refractivity contribution >= 4 is 16.9 Å². The summed E-state index contributed by atoms with van der Waals surface area (Å²) >= 11 is 0. The van der Waals surface area contributed by atoms with Crippen LogP contribution in [0.3, 0.4) is 0 Å². The summed E-state index contributed by atoms with van der Waals surface area (Å²) in [5.41, 5.74) is 3.25. The molecular weight excluding hydrogens is 368 g/mol. The minimum Gasteiger partial charge on any atom is -0.486 e. The van der Waals surface area contributed by atoms with Gasteiger partial charge < -0.3 is 14.4 Å². The number of ether oxygens (including phenoxy) is 2. The third kappa shape index (κ3) is 3.20. The molecule has 7 heteroatoms. The number of rotatable bonds is 4. The number of pyridine rings is 1. The number of hydrogen-bond donors (Lipinski definition) is 0. The van der Waals surface area contributed by atoms with Crippen molar-refractivity contribution in [2.45, 2.75) is 31.8 Å². The monoisotopic (exact) mass is 392 g/mol. The smallest absolute Gasteiger partial charge is 0.254 e. The van der Waals surface area contributed by atoms with Gasteiger partial charge in [-0.3, -0.25) is 9.48 Å². The Bertz CT molecular complexity index is 1100. The number of fused-ring (bicyclic) bond motifs is 2. The standard InChI is InChI=1S/C22H24N4O3/c1-13-20-16(10-17(14-8-9-14)23-21(20)26(3)24-13)22(27)25(2)11-15-12-28-18-6-4-5-7-19(18)29-15/h4-7,10,14-15H,8-9,11-12H2,1-3H3/t15-/m0/s1. The molecule has 0 spiro atoms. The fourth-order valence-electron chi connectivity index (χ4n) is 3.97. The van der Waals surface area contributed by atoms with Gasteiger partial charge in [-0.1, -0.05) is 12.1 Å². The van der Waals surface area contributed by atoms with Gasteiger partial charge in [0, 0.05) is 25.7 Å². The third-order valence-electron chi connectivity index (χ3n) is 5.61. The van der Waals surface area contributed by atoms with Gasteiger partial charge in [0.15, 0.2) is 23.3 Å². The predicted octanol–water partition coefficient (Wildman–Crippen LogP) is 3.07. The van der Waals surface area contributed by atoms with Crippen molar-refractivity contribution in [3.05, 3.63) is 47.3 Å². The summed E-state index contributed by atoms with van der Waals surface area (Å²) in [4.78, 5) is 19.9. The molecule has 29 heavy (non-hydrogen) atoms. The van der Waals surface area contributed by atoms with Gasteiger partial charge in [-0.2, -0.15) is 5.10 Å². The molecule has 0 unspecified atom stereocenters. The van der Waals surface area contributed by atoms with Crippen LogP contribution in [0.1, 0.15) is 40.5 Å². The largest absolute Gasteiger partial charge is 0.486 e. The maximum absolute atomic E-state index is 13.4. The second-order valence-corrected chi connectivity index (χ2v) is 7.96. The van der Waals surface area contributed by atoms with Crippen molar-refractivity contribution in [3.63, 3.8) is 0 Å². The van der Waals surface area contributed by atoms with E-state index in [2.05, 4.69) is 5.10 Å². The molecule has 2 aromatic heterocycles. The first-order chi connectivity index (χ1) is 14.0. The quantitative estimate of drug-likeness (QED) is 0.683. The summed E-state index contributed by atoms with van der Waals surface area (Å²) in [6, 6.07) is 9.56. The fraction of sp³-hybridized carbons (Fsp3) is 0.409. The molecule has 0 bridgehead atoms. The zero-order valence-electron chi connectivity index (χ0n) is 16.9. The van der Waals surface area contributed by atoms with Crippen LogP contribution in [0, 0.1) is 6.92 Å². The number of aryl methyl sites for hydroxylation is 2. The highest BCUT2D eigenvalue weighted by Crippen LogP contribution is 2.40. The van der Waals surface area contributed by atoms with Crippen LogP contribution in [0.5, 0.6) is 11.5 Å². The van der Waals surface area contributed by atoms with Crippen molar-refractivity contribution in [1.29, 1.82) is 0 Å². The molecule has 1 atom stereocenters. The molecule has 150 valence electrons. The van der Waals surface area contributed by atoms with E-state index >= 15 is 0 Å². The average Bonchev–Trinajstić information content (AvgIpc) is 3.53. The Morgan fingerprint density at radius 2 is 2.03 bits per heavy atom. The first kappa shape index (κ1) is 18.0. The maximum Gasteiger partial charge on any atom is 0.254 e. The van der Waals surface area contributed by atoms with Gasteiger partial charge in [0.05, 0.1) is 23.2 Å². The second kappa shape index (κ2) is 6.76. The van der Waals surface area contributed by atoms with Crippen LogP contribution in [-0.4, -0.2) is 51.9 Å². The third-order valence-corrected chi connectivity index (χ3v) is 5.61. The summed E-state index contributed by atoms with van der Waals surface area (Å²) in [5, 5.41) is 5.33. The average molecular weight is 392 g/mol. The lowest BCUT2D eigenvalue weighted by molar-refractivity contribution is 0.0522. The summed E-state index contributed by atoms with van der Waals surface area (Å²) in [6.45, 7) is 2.78. The molecular formula is C22H24N4O3. The zero-order chi connectivity index (χ0) is 20.1. The highest BCUT2D eigenvalue weighted by Gasteiger charge is 2.30. The summed E-state index contributed by atoms with van der Waals surface area (Å²) < 4.78 is 13.6. The maximum atomic E-state index is 13.4. The highest BCUT2D eigenvalue weighted by atomic mass is 16.6. The van der Waals surface area contributed by atoms with Gasteiger partial charge >= 0.3 is 0 Å². The van der Waals surface area contributed by atoms with Gasteiger partial charge in [-0.15, -0.1) is 0 Å². The molecule has 1 aliphatic heterocycles. The number of hydrogen-bond acceptors (Lipinski definition) is 5. The van der Waals surface area contributed by atoms with Crippen molar-refractivity contribution in [2.24, 2.45) is 7.05 Å². The topological polar surface area (TPSA) is 69.5 Å². The SMILES string of the molecule is Cc1nn(C)c2nc(C3CC3)cc(C(=O)N(C)C[C@H]3COc4ccccc4O3)c12. The van der Waals surface area contributed by atoms with Crippen LogP contribution in [0.4, 0.5) is 0 Å². The Labute approximate surface area is 169 Å². The minimum absolute atomic E-state index is 0.0436. The number of amides is 1. The van der Waals surface area contributed by atoms with Crippen molar-refractivity contribution in [3.8, 4) is 11.5 Å². The Morgan fingerprint density at radius 3 is 2.79 bits per heavy atom. The van der Waals surface area contributed by atoms with Gasteiger partial charge in [0.2, 0.25) is 0 Å². The molecule has 1 fully saturated rings. The Morgan fingerprint density at radius 1 is 1.28 bits per heavy atom. The van der Waals surface area contributed by atoms with Crippen molar-refractivity contribution in [1.82, 2.24) is 19.7 Å². The first-order valence-corrected chi connectivity index (χ1v) is 9.99. The molecule has 1 saturated carbocycles. The zero-order valence-corrected chi connectivity index (χ0v) is 16.9. The molecule has 3 heterocycles. The van der Waals surface area contributed by atoms with Crippen LogP contribution < -0.4 is 9.47 Å². The Balaban J connectivity index is 1.42. The van der Waals surface area contributed by atoms with Crippen LogP contribution in [0.25, 0.3) is 11.0 Å². The van der Waals surface area contributed by atoms with E-state index in [0.29, 0.717) is 24.6 Å². The number of carbonyl (C=O) groups excluding carboxylic acids is 1. The van der Waals surface area contributed by atoms with Gasteiger partial charge in [0.25, 0.3) is 5.91 Å². The molecule has 0 radical (unpaired) electrons. The Kier molecular flexibility index (Phi) is 4.19. The molecule has 1 amide bonds. The van der Waals surface area contributed by atoms with E-state index < -0.39 is 0 Å². The van der Waals surface area contributed by atoms with Crippen molar-refractivity contribution in [2.75, 3.05) is 20.2 Å². The summed E-state index contributed by atoms with van der Waals surface area (Å²) in [7, 11) is 3.68. The number of aromatic nitrogens is 3. The predicted molar refractivity (Wildman–Crippen MR) is 109 cm³/mol. The molecule has 0 N–H and O–H groups in total. The van der Waals surface area contributed by atoms with E-state index in [1.807, 2.05) is 44.3 Å². The van der Waals surface area contributed by atoms with E-state index in [1.165, 1.54) is 0 Å². The van der Waals surface area contributed by atoms with Crippen LogP contribution in [0.15, 0.2) is 30.3 Å². The molecule has 7 nitrogen and oxygen atoms in total. The number of nitrogens with zero attached hydrogens (tertiary/aromatic N) is 4. The van der Waals surface area contributed by atoms with E-state index in [-0.39, 0.29) is 12.0 Å².